The molecule has 0 atom stereocenters. The summed E-state index contributed by atoms with van der Waals surface area (Å²) in [6.07, 6.45) is -1.25. The van der Waals surface area contributed by atoms with Crippen molar-refractivity contribution in [2.45, 2.75) is 12.3 Å². The third-order valence-corrected chi connectivity index (χ3v) is 0.618. The van der Waals surface area contributed by atoms with E-state index in [1.54, 1.807) is 0 Å². The Morgan fingerprint density at radius 1 is 1.62 bits per heavy atom. The van der Waals surface area contributed by atoms with Crippen molar-refractivity contribution in [3.8, 4) is 0 Å². The highest BCUT2D eigenvalue weighted by atomic mass is 19.3. The predicted octanol–water partition coefficient (Wildman–Crippen LogP) is 0.203. The lowest BCUT2D eigenvalue weighted by Crippen LogP contribution is -2.18. The van der Waals surface area contributed by atoms with Gasteiger partial charge in [-0.2, -0.15) is 8.78 Å². The molecule has 0 spiro atoms. The Balaban J connectivity index is 3.53. The van der Waals surface area contributed by atoms with Gasteiger partial charge in [-0.3, -0.25) is 4.79 Å². The zero-order valence-electron chi connectivity index (χ0n) is 4.10. The van der Waals surface area contributed by atoms with Crippen molar-refractivity contribution < 1.29 is 18.7 Å². The van der Waals surface area contributed by atoms with Gasteiger partial charge in [0, 0.05) is 13.0 Å². The van der Waals surface area contributed by atoms with E-state index < -0.39 is 25.2 Å². The number of carbonyl (C=O) groups excluding carboxylic acids is 1. The van der Waals surface area contributed by atoms with Crippen LogP contribution < -0.4 is 0 Å². The highest BCUT2D eigenvalue weighted by molar-refractivity contribution is 5.59. The van der Waals surface area contributed by atoms with Crippen molar-refractivity contribution in [2.24, 2.45) is 0 Å². The minimum absolute atomic E-state index is 0.469. The monoisotopic (exact) mass is 124 g/mol. The van der Waals surface area contributed by atoms with Gasteiger partial charge in [-0.25, -0.2) is 0 Å². The Kier molecular flexibility index (Phi) is 2.54. The van der Waals surface area contributed by atoms with Crippen LogP contribution in [0.25, 0.3) is 0 Å². The van der Waals surface area contributed by atoms with E-state index in [1.807, 2.05) is 0 Å². The van der Waals surface area contributed by atoms with Crippen LogP contribution in [0.2, 0.25) is 0 Å². The maximum atomic E-state index is 11.6. The van der Waals surface area contributed by atoms with E-state index in [-0.39, 0.29) is 0 Å². The maximum absolute atomic E-state index is 11.6. The van der Waals surface area contributed by atoms with E-state index in [1.165, 1.54) is 0 Å². The first-order chi connectivity index (χ1) is 3.62. The molecule has 0 amide bonds. The highest BCUT2D eigenvalue weighted by Crippen LogP contribution is 2.12. The zero-order valence-corrected chi connectivity index (χ0v) is 4.10. The van der Waals surface area contributed by atoms with Gasteiger partial charge in [0.1, 0.15) is 0 Å². The summed E-state index contributed by atoms with van der Waals surface area (Å²) in [5.41, 5.74) is 0. The van der Waals surface area contributed by atoms with Gasteiger partial charge in [-0.15, -0.1) is 0 Å². The van der Waals surface area contributed by atoms with Crippen LogP contribution in [0.1, 0.15) is 6.42 Å². The zero-order chi connectivity index (χ0) is 6.62. The molecule has 0 aromatic rings. The second-order valence-corrected chi connectivity index (χ2v) is 1.35. The van der Waals surface area contributed by atoms with Crippen LogP contribution in [0.3, 0.4) is 0 Å². The molecule has 2 nitrogen and oxygen atoms in total. The summed E-state index contributed by atoms with van der Waals surface area (Å²) in [4.78, 5) is 9.36. The van der Waals surface area contributed by atoms with Crippen LogP contribution in [0.15, 0.2) is 0 Å². The van der Waals surface area contributed by atoms with Crippen LogP contribution in [0.4, 0.5) is 8.78 Å². The minimum atomic E-state index is -3.34. The van der Waals surface area contributed by atoms with E-state index in [4.69, 9.17) is 5.11 Å². The van der Waals surface area contributed by atoms with Crippen LogP contribution in [-0.2, 0) is 4.79 Å². The first-order valence-electron chi connectivity index (χ1n) is 2.07. The first-order valence-corrected chi connectivity index (χ1v) is 2.07. The fourth-order valence-electron chi connectivity index (χ4n) is 0.208. The quantitative estimate of drug-likeness (QED) is 0.546. The Bertz CT molecular complexity index is 82.1. The number of halogens is 2. The lowest BCUT2D eigenvalue weighted by atomic mass is 10.3. The van der Waals surface area contributed by atoms with Gasteiger partial charge in [0.15, 0.2) is 6.29 Å². The van der Waals surface area contributed by atoms with E-state index >= 15 is 0 Å². The molecule has 4 heteroatoms. The summed E-state index contributed by atoms with van der Waals surface area (Å²) in [5.74, 6) is -3.34. The normalized spacial score (nSPS) is 11.4. The van der Waals surface area contributed by atoms with Crippen molar-refractivity contribution in [3.05, 3.63) is 0 Å². The molecule has 0 saturated heterocycles. The number of carbonyl (C=O) groups is 1. The second-order valence-electron chi connectivity index (χ2n) is 1.35. The van der Waals surface area contributed by atoms with E-state index in [9.17, 15) is 13.6 Å². The molecule has 8 heavy (non-hydrogen) atoms. The van der Waals surface area contributed by atoms with Crippen LogP contribution in [0.5, 0.6) is 0 Å². The number of hydrogen-bond donors (Lipinski definition) is 1. The molecule has 0 radical (unpaired) electrons. The molecular weight excluding hydrogens is 118 g/mol. The summed E-state index contributed by atoms with van der Waals surface area (Å²) in [5, 5.41) is 7.89. The third-order valence-electron chi connectivity index (χ3n) is 0.618. The van der Waals surface area contributed by atoms with Crippen LogP contribution >= 0.6 is 0 Å². The second kappa shape index (κ2) is 2.71. The van der Waals surface area contributed by atoms with Crippen molar-refractivity contribution in [1.82, 2.24) is 0 Å². The van der Waals surface area contributed by atoms with Gasteiger partial charge in [-0.1, -0.05) is 0 Å². The van der Waals surface area contributed by atoms with Gasteiger partial charge in [-0.05, 0) is 0 Å². The summed E-state index contributed by atoms with van der Waals surface area (Å²) >= 11 is 0. The lowest BCUT2D eigenvalue weighted by Gasteiger charge is -2.03. The number of alkyl halides is 2. The van der Waals surface area contributed by atoms with Crippen LogP contribution in [0, 0.1) is 0 Å². The number of hydrogen-bond acceptors (Lipinski definition) is 2. The summed E-state index contributed by atoms with van der Waals surface area (Å²) < 4.78 is 23.3. The standard InChI is InChI=1S/C4H6F2O2/c5-4(6,3-8)1-2-7/h3,7H,1-2H2. The topological polar surface area (TPSA) is 37.3 Å². The molecule has 1 N–H and O–H groups in total. The number of rotatable bonds is 3. The largest absolute Gasteiger partial charge is 0.396 e. The number of aliphatic hydroxyl groups is 1. The fraction of sp³-hybridized carbons (Fsp3) is 0.750. The minimum Gasteiger partial charge on any atom is -0.396 e. The van der Waals surface area contributed by atoms with E-state index in [2.05, 4.69) is 0 Å². The fourth-order valence-corrected chi connectivity index (χ4v) is 0.208. The lowest BCUT2D eigenvalue weighted by molar-refractivity contribution is -0.131. The summed E-state index contributed by atoms with van der Waals surface area (Å²) in [7, 11) is 0. The molecule has 0 unspecified atom stereocenters. The average molecular weight is 124 g/mol. The number of aldehydes is 1. The number of aliphatic hydroxyl groups excluding tert-OH is 1. The molecule has 0 aliphatic rings. The Morgan fingerprint density at radius 2 is 2.12 bits per heavy atom. The Labute approximate surface area is 45.1 Å². The maximum Gasteiger partial charge on any atom is 0.304 e. The van der Waals surface area contributed by atoms with E-state index in [0.717, 1.165) is 0 Å². The molecule has 0 aliphatic heterocycles. The average Bonchev–Trinajstić information content (AvgIpc) is 1.67. The molecule has 0 rings (SSSR count). The van der Waals surface area contributed by atoms with Crippen molar-refractivity contribution in [3.63, 3.8) is 0 Å². The highest BCUT2D eigenvalue weighted by Gasteiger charge is 2.26. The van der Waals surface area contributed by atoms with Gasteiger partial charge in [0.2, 0.25) is 0 Å². The summed E-state index contributed by atoms with van der Waals surface area (Å²) in [6, 6.07) is 0. The molecule has 0 heterocycles. The third kappa shape index (κ3) is 2.63. The molecule has 0 aliphatic carbocycles. The van der Waals surface area contributed by atoms with Gasteiger partial charge < -0.3 is 5.11 Å². The predicted molar refractivity (Wildman–Crippen MR) is 22.7 cm³/mol. The Morgan fingerprint density at radius 3 is 2.25 bits per heavy atom. The SMILES string of the molecule is O=CC(F)(F)CCO. The molecular formula is C4H6F2O2. The molecule has 0 fully saturated rings. The van der Waals surface area contributed by atoms with Crippen LogP contribution in [-0.4, -0.2) is 23.9 Å². The smallest absolute Gasteiger partial charge is 0.304 e. The molecule has 0 saturated carbocycles. The van der Waals surface area contributed by atoms with Crippen molar-refractivity contribution in [2.75, 3.05) is 6.61 Å². The molecule has 0 aromatic carbocycles. The van der Waals surface area contributed by atoms with Gasteiger partial charge in [0.05, 0.1) is 0 Å². The molecule has 0 aromatic heterocycles. The summed E-state index contributed by atoms with van der Waals surface area (Å²) in [6.45, 7) is -0.661. The van der Waals surface area contributed by atoms with Crippen molar-refractivity contribution >= 4 is 6.29 Å². The van der Waals surface area contributed by atoms with Gasteiger partial charge >= 0.3 is 5.92 Å². The Hall–Kier alpha value is -0.510. The van der Waals surface area contributed by atoms with E-state index in [0.29, 0.717) is 0 Å². The molecule has 48 valence electrons. The molecule has 0 bridgehead atoms. The van der Waals surface area contributed by atoms with Gasteiger partial charge in [0.25, 0.3) is 0 Å². The van der Waals surface area contributed by atoms with Crippen molar-refractivity contribution in [1.29, 1.82) is 0 Å². The first kappa shape index (κ1) is 7.49.